The number of rotatable bonds is 5. The average Bonchev–Trinajstić information content (AvgIpc) is 3.25. The summed E-state index contributed by atoms with van der Waals surface area (Å²) in [6, 6.07) is 38.1. The molecular formula is C35H31N3. The molecule has 6 aromatic rings. The molecule has 3 heteroatoms. The molecular weight excluding hydrogens is 462 g/mol. The van der Waals surface area contributed by atoms with Crippen molar-refractivity contribution in [2.75, 3.05) is 5.01 Å². The number of fused-ring (bicyclic) bond motifs is 5. The molecule has 0 aliphatic heterocycles. The molecule has 3 nitrogen and oxygen atoms in total. The molecule has 0 aliphatic rings. The van der Waals surface area contributed by atoms with Gasteiger partial charge in [0.1, 0.15) is 0 Å². The van der Waals surface area contributed by atoms with Gasteiger partial charge in [0.25, 0.3) is 0 Å². The molecule has 38 heavy (non-hydrogen) atoms. The Bertz CT molecular complexity index is 1710. The Hall–Kier alpha value is -4.89. The second kappa shape index (κ2) is 11.0. The standard InChI is InChI=1S/C31H25N3.C4H6/c1-22-19-29-28-20-23(17-18-30(28)33(2)31(29)27-16-10-9-15-26(22)27)21-32-34(24-11-5-3-6-12-24)25-13-7-4-8-14-25;1-3-4-2/h3-21H,1-2H3;3-4H,1-2H2. The van der Waals surface area contributed by atoms with Crippen LogP contribution in [0.1, 0.15) is 11.1 Å². The fourth-order valence-corrected chi connectivity index (χ4v) is 4.92. The van der Waals surface area contributed by atoms with Crippen LogP contribution in [0.4, 0.5) is 11.4 Å². The first kappa shape index (κ1) is 24.8. The van der Waals surface area contributed by atoms with E-state index in [1.807, 2.05) is 47.6 Å². The zero-order valence-electron chi connectivity index (χ0n) is 21.9. The Morgan fingerprint density at radius 2 is 1.24 bits per heavy atom. The number of hydrogen-bond donors (Lipinski definition) is 0. The SMILES string of the molecule is C=CC=C.Cc1cc2c3cc(C=NN(c4ccccc4)c4ccccc4)ccc3n(C)c2c2ccccc12. The second-order valence-electron chi connectivity index (χ2n) is 9.17. The molecule has 0 spiro atoms. The van der Waals surface area contributed by atoms with E-state index in [-0.39, 0.29) is 0 Å². The smallest absolute Gasteiger partial charge is 0.0652 e. The maximum Gasteiger partial charge on any atom is 0.0652 e. The molecule has 1 heterocycles. The molecule has 0 saturated heterocycles. The number of allylic oxidation sites excluding steroid dienone is 2. The molecule has 0 N–H and O–H groups in total. The summed E-state index contributed by atoms with van der Waals surface area (Å²) >= 11 is 0. The first-order valence-corrected chi connectivity index (χ1v) is 12.7. The normalized spacial score (nSPS) is 11.0. The quantitative estimate of drug-likeness (QED) is 0.133. The Morgan fingerprint density at radius 3 is 1.84 bits per heavy atom. The van der Waals surface area contributed by atoms with Crippen molar-refractivity contribution < 1.29 is 0 Å². The number of hydrogen-bond acceptors (Lipinski definition) is 2. The molecule has 0 fully saturated rings. The Balaban J connectivity index is 0.000000689. The molecule has 5 aromatic carbocycles. The summed E-state index contributed by atoms with van der Waals surface area (Å²) in [6.45, 7) is 8.92. The van der Waals surface area contributed by atoms with Crippen molar-refractivity contribution in [2.45, 2.75) is 6.92 Å². The summed E-state index contributed by atoms with van der Waals surface area (Å²) in [4.78, 5) is 0. The van der Waals surface area contributed by atoms with E-state index in [1.165, 1.54) is 38.1 Å². The largest absolute Gasteiger partial charge is 0.343 e. The second-order valence-corrected chi connectivity index (χ2v) is 9.17. The third-order valence-electron chi connectivity index (χ3n) is 6.72. The van der Waals surface area contributed by atoms with E-state index < -0.39 is 0 Å². The predicted octanol–water partition coefficient (Wildman–Crippen LogP) is 9.32. The van der Waals surface area contributed by atoms with E-state index in [4.69, 9.17) is 5.10 Å². The first-order valence-electron chi connectivity index (χ1n) is 12.7. The molecule has 6 rings (SSSR count). The number of benzene rings is 5. The summed E-state index contributed by atoms with van der Waals surface area (Å²) in [7, 11) is 2.16. The molecule has 0 saturated carbocycles. The molecule has 1 aromatic heterocycles. The highest BCUT2D eigenvalue weighted by Crippen LogP contribution is 2.35. The monoisotopic (exact) mass is 493 g/mol. The minimum absolute atomic E-state index is 1.03. The van der Waals surface area contributed by atoms with Crippen LogP contribution in [-0.4, -0.2) is 10.8 Å². The van der Waals surface area contributed by atoms with Crippen LogP contribution in [0.5, 0.6) is 0 Å². The van der Waals surface area contributed by atoms with Crippen molar-refractivity contribution in [3.8, 4) is 0 Å². The van der Waals surface area contributed by atoms with E-state index in [1.54, 1.807) is 12.2 Å². The highest BCUT2D eigenvalue weighted by molar-refractivity contribution is 6.19. The van der Waals surface area contributed by atoms with Crippen molar-refractivity contribution in [3.63, 3.8) is 0 Å². The number of anilines is 2. The number of aromatic nitrogens is 1. The van der Waals surface area contributed by atoms with Gasteiger partial charge in [0.2, 0.25) is 0 Å². The van der Waals surface area contributed by atoms with Gasteiger partial charge >= 0.3 is 0 Å². The van der Waals surface area contributed by atoms with Crippen molar-refractivity contribution in [3.05, 3.63) is 146 Å². The lowest BCUT2D eigenvalue weighted by Crippen LogP contribution is -2.09. The van der Waals surface area contributed by atoms with E-state index in [9.17, 15) is 0 Å². The van der Waals surface area contributed by atoms with Gasteiger partial charge in [0.05, 0.1) is 23.1 Å². The number of para-hydroxylation sites is 2. The third kappa shape index (κ3) is 4.74. The predicted molar refractivity (Wildman–Crippen MR) is 166 cm³/mol. The average molecular weight is 494 g/mol. The first-order chi connectivity index (χ1) is 18.6. The van der Waals surface area contributed by atoms with Gasteiger partial charge in [-0.1, -0.05) is 92.0 Å². The van der Waals surface area contributed by atoms with Crippen molar-refractivity contribution in [2.24, 2.45) is 12.1 Å². The lowest BCUT2D eigenvalue weighted by atomic mass is 10.0. The van der Waals surface area contributed by atoms with E-state index >= 15 is 0 Å². The van der Waals surface area contributed by atoms with Crippen LogP contribution in [0.15, 0.2) is 140 Å². The van der Waals surface area contributed by atoms with Crippen LogP contribution in [0.2, 0.25) is 0 Å². The van der Waals surface area contributed by atoms with Crippen LogP contribution >= 0.6 is 0 Å². The maximum atomic E-state index is 4.90. The Morgan fingerprint density at radius 1 is 0.658 bits per heavy atom. The topological polar surface area (TPSA) is 20.5 Å². The zero-order valence-corrected chi connectivity index (χ0v) is 21.9. The summed E-state index contributed by atoms with van der Waals surface area (Å²) < 4.78 is 2.31. The molecule has 0 amide bonds. The van der Waals surface area contributed by atoms with Crippen molar-refractivity contribution >= 4 is 50.2 Å². The van der Waals surface area contributed by atoms with Gasteiger partial charge in [-0.05, 0) is 65.9 Å². The summed E-state index contributed by atoms with van der Waals surface area (Å²) in [5.74, 6) is 0. The number of nitrogens with zero attached hydrogens (tertiary/aromatic N) is 3. The molecule has 0 radical (unpaired) electrons. The molecule has 0 unspecified atom stereocenters. The van der Waals surface area contributed by atoms with Crippen molar-refractivity contribution in [1.82, 2.24) is 4.57 Å². The van der Waals surface area contributed by atoms with Gasteiger partial charge in [-0.3, -0.25) is 0 Å². The van der Waals surface area contributed by atoms with Gasteiger partial charge in [-0.25, -0.2) is 5.01 Å². The van der Waals surface area contributed by atoms with Gasteiger partial charge in [0.15, 0.2) is 0 Å². The molecule has 0 bridgehead atoms. The van der Waals surface area contributed by atoms with Crippen LogP contribution in [0, 0.1) is 6.92 Å². The van der Waals surface area contributed by atoms with Gasteiger partial charge in [-0.15, -0.1) is 0 Å². The van der Waals surface area contributed by atoms with E-state index in [0.717, 1.165) is 16.9 Å². The summed E-state index contributed by atoms with van der Waals surface area (Å²) in [5, 5.41) is 12.0. The van der Waals surface area contributed by atoms with Gasteiger partial charge in [0, 0.05) is 28.7 Å². The van der Waals surface area contributed by atoms with Crippen LogP contribution < -0.4 is 5.01 Å². The highest BCUT2D eigenvalue weighted by Gasteiger charge is 2.13. The summed E-state index contributed by atoms with van der Waals surface area (Å²) in [5.41, 5.74) is 6.93. The van der Waals surface area contributed by atoms with Gasteiger partial charge in [-0.2, -0.15) is 5.10 Å². The third-order valence-corrected chi connectivity index (χ3v) is 6.72. The Labute approximate surface area is 224 Å². The molecule has 186 valence electrons. The lowest BCUT2D eigenvalue weighted by Gasteiger charge is -2.19. The Kier molecular flexibility index (Phi) is 7.19. The fourth-order valence-electron chi connectivity index (χ4n) is 4.92. The van der Waals surface area contributed by atoms with Crippen LogP contribution in [0.25, 0.3) is 32.6 Å². The minimum atomic E-state index is 1.03. The minimum Gasteiger partial charge on any atom is -0.343 e. The maximum absolute atomic E-state index is 4.90. The number of aryl methyl sites for hydroxylation is 2. The van der Waals surface area contributed by atoms with E-state index in [0.29, 0.717) is 0 Å². The summed E-state index contributed by atoms with van der Waals surface area (Å²) in [6.07, 6.45) is 5.23. The van der Waals surface area contributed by atoms with Crippen LogP contribution in [0.3, 0.4) is 0 Å². The highest BCUT2D eigenvalue weighted by atomic mass is 15.5. The van der Waals surface area contributed by atoms with Crippen molar-refractivity contribution in [1.29, 1.82) is 0 Å². The zero-order chi connectivity index (χ0) is 26.5. The molecule has 0 atom stereocenters. The van der Waals surface area contributed by atoms with Gasteiger partial charge < -0.3 is 4.57 Å². The van der Waals surface area contributed by atoms with E-state index in [2.05, 4.69) is 104 Å². The molecule has 0 aliphatic carbocycles. The fraction of sp³-hybridized carbons (Fsp3) is 0.0571. The van der Waals surface area contributed by atoms with Crippen LogP contribution in [-0.2, 0) is 7.05 Å². The number of hydrazone groups is 1. The lowest BCUT2D eigenvalue weighted by molar-refractivity contribution is 1.02.